The van der Waals surface area contributed by atoms with Gasteiger partial charge in [-0.2, -0.15) is 4.31 Å². The molecule has 0 spiro atoms. The lowest BCUT2D eigenvalue weighted by molar-refractivity contribution is -0.139. The third kappa shape index (κ3) is 3.76. The van der Waals surface area contributed by atoms with Crippen molar-refractivity contribution in [1.82, 2.24) is 9.21 Å². The van der Waals surface area contributed by atoms with Crippen LogP contribution in [0.25, 0.3) is 0 Å². The van der Waals surface area contributed by atoms with Crippen LogP contribution < -0.4 is 0 Å². The summed E-state index contributed by atoms with van der Waals surface area (Å²) in [5.41, 5.74) is 3.32. The van der Waals surface area contributed by atoms with E-state index in [9.17, 15) is 13.2 Å². The molecule has 7 heteroatoms. The van der Waals surface area contributed by atoms with Crippen LogP contribution in [0.15, 0.2) is 34.5 Å². The van der Waals surface area contributed by atoms with Crippen molar-refractivity contribution in [1.29, 1.82) is 0 Å². The van der Waals surface area contributed by atoms with Crippen molar-refractivity contribution in [3.05, 3.63) is 51.2 Å². The van der Waals surface area contributed by atoms with Gasteiger partial charge in [0.2, 0.25) is 15.9 Å². The van der Waals surface area contributed by atoms with Crippen LogP contribution in [0.3, 0.4) is 0 Å². The number of thiophene rings is 1. The second kappa shape index (κ2) is 7.85. The number of hydrogen-bond donors (Lipinski definition) is 0. The molecule has 1 amide bonds. The first kappa shape index (κ1) is 20.6. The van der Waals surface area contributed by atoms with Crippen LogP contribution in [0.1, 0.15) is 47.4 Å². The fourth-order valence-corrected chi connectivity index (χ4v) is 6.93. The molecule has 0 unspecified atom stereocenters. The maximum Gasteiger partial charge on any atom is 0.243 e. The number of rotatable bonds is 3. The van der Waals surface area contributed by atoms with Crippen molar-refractivity contribution < 1.29 is 13.2 Å². The van der Waals surface area contributed by atoms with Crippen LogP contribution in [-0.2, 0) is 21.2 Å². The number of amides is 1. The molecule has 2 aliphatic rings. The summed E-state index contributed by atoms with van der Waals surface area (Å²) in [4.78, 5) is 16.9. The molecule has 1 saturated heterocycles. The summed E-state index contributed by atoms with van der Waals surface area (Å²) in [5.74, 6) is 0.0846. The van der Waals surface area contributed by atoms with Crippen LogP contribution in [0.2, 0.25) is 0 Å². The monoisotopic (exact) mass is 432 g/mol. The van der Waals surface area contributed by atoms with E-state index in [0.717, 1.165) is 24.1 Å². The van der Waals surface area contributed by atoms with Gasteiger partial charge in [0.05, 0.1) is 10.9 Å². The van der Waals surface area contributed by atoms with Gasteiger partial charge in [0.1, 0.15) is 0 Å². The fraction of sp³-hybridized carbons (Fsp3) is 0.500. The van der Waals surface area contributed by atoms with E-state index in [-0.39, 0.29) is 17.9 Å². The fourth-order valence-electron chi connectivity index (χ4n) is 4.41. The topological polar surface area (TPSA) is 57.7 Å². The Kier molecular flexibility index (Phi) is 5.57. The van der Waals surface area contributed by atoms with Gasteiger partial charge >= 0.3 is 0 Å². The molecular formula is C22H28N2O3S2. The molecule has 3 heterocycles. The summed E-state index contributed by atoms with van der Waals surface area (Å²) in [6.45, 7) is 7.56. The van der Waals surface area contributed by atoms with Crippen molar-refractivity contribution in [3.63, 3.8) is 0 Å². The van der Waals surface area contributed by atoms with E-state index in [2.05, 4.69) is 18.4 Å². The standard InChI is InChI=1S/C22H28N2O3S2/c1-15-4-5-19(14-16(15)2)29(26,27)23-10-6-18(7-11-23)22(25)24-12-8-21-20(17(24)3)9-13-28-21/h4-5,9,13-14,17-18H,6-8,10-12H2,1-3H3/t17-/m1/s1. The smallest absolute Gasteiger partial charge is 0.243 e. The third-order valence-electron chi connectivity index (χ3n) is 6.48. The Labute approximate surface area is 177 Å². The first-order valence-corrected chi connectivity index (χ1v) is 12.5. The van der Waals surface area contributed by atoms with E-state index in [4.69, 9.17) is 0 Å². The van der Waals surface area contributed by atoms with Gasteiger partial charge in [-0.1, -0.05) is 6.07 Å². The largest absolute Gasteiger partial charge is 0.335 e. The summed E-state index contributed by atoms with van der Waals surface area (Å²) in [7, 11) is -3.51. The van der Waals surface area contributed by atoms with Gasteiger partial charge in [-0.25, -0.2) is 8.42 Å². The average Bonchev–Trinajstić information content (AvgIpc) is 3.20. The van der Waals surface area contributed by atoms with Gasteiger partial charge < -0.3 is 4.90 Å². The first-order chi connectivity index (χ1) is 13.8. The Morgan fingerprint density at radius 3 is 2.48 bits per heavy atom. The Bertz CT molecular complexity index is 1020. The number of carbonyl (C=O) groups is 1. The van der Waals surface area contributed by atoms with Crippen LogP contribution in [0, 0.1) is 19.8 Å². The summed E-state index contributed by atoms with van der Waals surface area (Å²) in [5, 5.41) is 2.10. The highest BCUT2D eigenvalue weighted by molar-refractivity contribution is 7.89. The molecule has 1 atom stereocenters. The number of benzene rings is 1. The Morgan fingerprint density at radius 2 is 1.79 bits per heavy atom. The number of piperidine rings is 1. The van der Waals surface area contributed by atoms with Gasteiger partial charge in [0.15, 0.2) is 0 Å². The maximum atomic E-state index is 13.2. The Hall–Kier alpha value is -1.70. The molecule has 29 heavy (non-hydrogen) atoms. The molecule has 4 rings (SSSR count). The normalized spacial score (nSPS) is 21.2. The number of fused-ring (bicyclic) bond motifs is 1. The molecule has 1 fully saturated rings. The first-order valence-electron chi connectivity index (χ1n) is 10.2. The zero-order valence-corrected chi connectivity index (χ0v) is 18.9. The third-order valence-corrected chi connectivity index (χ3v) is 9.37. The second-order valence-electron chi connectivity index (χ2n) is 8.18. The molecule has 2 aromatic rings. The van der Waals surface area contributed by atoms with E-state index >= 15 is 0 Å². The molecular weight excluding hydrogens is 404 g/mol. The maximum absolute atomic E-state index is 13.2. The molecule has 2 aliphatic heterocycles. The van der Waals surface area contributed by atoms with E-state index in [1.54, 1.807) is 23.5 Å². The molecule has 0 radical (unpaired) electrons. The number of hydrogen-bond acceptors (Lipinski definition) is 4. The molecule has 5 nitrogen and oxygen atoms in total. The van der Waals surface area contributed by atoms with Crippen LogP contribution in [-0.4, -0.2) is 43.2 Å². The summed E-state index contributed by atoms with van der Waals surface area (Å²) in [6.07, 6.45) is 2.09. The van der Waals surface area contributed by atoms with Crippen molar-refractivity contribution in [2.24, 2.45) is 5.92 Å². The predicted octanol–water partition coefficient (Wildman–Crippen LogP) is 3.91. The van der Waals surface area contributed by atoms with E-state index in [1.807, 2.05) is 24.8 Å². The van der Waals surface area contributed by atoms with Crippen LogP contribution in [0.5, 0.6) is 0 Å². The van der Waals surface area contributed by atoms with E-state index in [1.165, 1.54) is 14.7 Å². The number of carbonyl (C=O) groups excluding carboxylic acids is 1. The van der Waals surface area contributed by atoms with Gasteiger partial charge in [0.25, 0.3) is 0 Å². The van der Waals surface area contributed by atoms with Crippen molar-refractivity contribution in [3.8, 4) is 0 Å². The second-order valence-corrected chi connectivity index (χ2v) is 11.1. The Balaban J connectivity index is 1.43. The van der Waals surface area contributed by atoms with Gasteiger partial charge in [-0.05, 0) is 80.3 Å². The van der Waals surface area contributed by atoms with Gasteiger partial charge in [-0.15, -0.1) is 11.3 Å². The number of sulfonamides is 1. The number of aryl methyl sites for hydroxylation is 2. The summed E-state index contributed by atoms with van der Waals surface area (Å²) >= 11 is 1.77. The van der Waals surface area contributed by atoms with Gasteiger partial charge in [0, 0.05) is 30.4 Å². The van der Waals surface area contributed by atoms with E-state index in [0.29, 0.717) is 30.8 Å². The average molecular weight is 433 g/mol. The Morgan fingerprint density at radius 1 is 1.07 bits per heavy atom. The quantitative estimate of drug-likeness (QED) is 0.739. The summed E-state index contributed by atoms with van der Waals surface area (Å²) < 4.78 is 27.6. The van der Waals surface area contributed by atoms with Crippen molar-refractivity contribution in [2.45, 2.75) is 51.0 Å². The van der Waals surface area contributed by atoms with Gasteiger partial charge in [-0.3, -0.25) is 4.79 Å². The zero-order valence-electron chi connectivity index (χ0n) is 17.2. The molecule has 0 saturated carbocycles. The van der Waals surface area contributed by atoms with Crippen LogP contribution in [0.4, 0.5) is 0 Å². The lowest BCUT2D eigenvalue weighted by Crippen LogP contribution is -2.46. The number of nitrogens with zero attached hydrogens (tertiary/aromatic N) is 2. The minimum Gasteiger partial charge on any atom is -0.335 e. The minimum atomic E-state index is -3.51. The SMILES string of the molecule is Cc1ccc(S(=O)(=O)N2CCC(C(=O)N3CCc4sccc4[C@H]3C)CC2)cc1C. The lowest BCUT2D eigenvalue weighted by Gasteiger charge is -2.38. The molecule has 1 aromatic carbocycles. The molecule has 0 N–H and O–H groups in total. The van der Waals surface area contributed by atoms with E-state index < -0.39 is 10.0 Å². The highest BCUT2D eigenvalue weighted by Gasteiger charge is 2.36. The zero-order chi connectivity index (χ0) is 20.8. The lowest BCUT2D eigenvalue weighted by atomic mass is 9.93. The molecule has 0 bridgehead atoms. The van der Waals surface area contributed by atoms with Crippen LogP contribution >= 0.6 is 11.3 Å². The predicted molar refractivity (Wildman–Crippen MR) is 116 cm³/mol. The summed E-state index contributed by atoms with van der Waals surface area (Å²) in [6, 6.07) is 7.52. The van der Waals surface area contributed by atoms with Crippen molar-refractivity contribution >= 4 is 27.3 Å². The highest BCUT2D eigenvalue weighted by Crippen LogP contribution is 2.35. The molecule has 156 valence electrons. The molecule has 0 aliphatic carbocycles. The van der Waals surface area contributed by atoms with Crippen molar-refractivity contribution in [2.75, 3.05) is 19.6 Å². The molecule has 1 aromatic heterocycles. The highest BCUT2D eigenvalue weighted by atomic mass is 32.2. The minimum absolute atomic E-state index is 0.0937.